The number of methoxy groups -OCH3 is 1. The Kier molecular flexibility index (Phi) is 13.2. The number of aromatic nitrogens is 3. The molecule has 0 spiro atoms. The van der Waals surface area contributed by atoms with Gasteiger partial charge in [-0.1, -0.05) is 30.3 Å². The smallest absolute Gasteiger partial charge is 0.461 e. The van der Waals surface area contributed by atoms with Gasteiger partial charge in [-0.15, -0.1) is 10.2 Å². The number of anilines is 1. The molecular formula is C41H45F5N6O6. The predicted molar refractivity (Wildman–Crippen MR) is 204 cm³/mol. The second-order valence-electron chi connectivity index (χ2n) is 15.2. The fourth-order valence-corrected chi connectivity index (χ4v) is 6.57. The molecule has 5 rings (SSSR count). The summed E-state index contributed by atoms with van der Waals surface area (Å²) < 4.78 is 76.1. The van der Waals surface area contributed by atoms with Gasteiger partial charge >= 0.3 is 24.2 Å². The molecule has 1 saturated carbocycles. The topological polar surface area (TPSA) is 164 Å². The number of benzene rings is 3. The molecule has 58 heavy (non-hydrogen) atoms. The molecule has 0 saturated heterocycles. The number of nitrogens with zero attached hydrogens (tertiary/aromatic N) is 2. The zero-order valence-electron chi connectivity index (χ0n) is 32.6. The van der Waals surface area contributed by atoms with E-state index in [0.29, 0.717) is 37.8 Å². The summed E-state index contributed by atoms with van der Waals surface area (Å²) in [6, 6.07) is 17.1. The average Bonchev–Trinajstić information content (AvgIpc) is 3.68. The largest absolute Gasteiger partial charge is 0.465 e. The lowest BCUT2D eigenvalue weighted by atomic mass is 9.81. The Morgan fingerprint density at radius 3 is 2.09 bits per heavy atom. The van der Waals surface area contributed by atoms with Gasteiger partial charge in [-0.3, -0.25) is 9.59 Å². The molecule has 4 aromatic rings. The van der Waals surface area contributed by atoms with Gasteiger partial charge in [-0.2, -0.15) is 22.0 Å². The maximum Gasteiger partial charge on any atom is 0.461 e. The summed E-state index contributed by atoms with van der Waals surface area (Å²) in [5.74, 6) is -8.75. The lowest BCUT2D eigenvalue weighted by molar-refractivity contribution is -0.292. The third-order valence-corrected chi connectivity index (χ3v) is 9.70. The van der Waals surface area contributed by atoms with Crippen molar-refractivity contribution in [3.05, 3.63) is 89.2 Å². The summed E-state index contributed by atoms with van der Waals surface area (Å²) in [6.07, 6.45) is -3.82. The predicted octanol–water partition coefficient (Wildman–Crippen LogP) is 7.88. The van der Waals surface area contributed by atoms with Crippen LogP contribution in [0.4, 0.5) is 32.4 Å². The molecule has 3 amide bonds. The lowest BCUT2D eigenvalue weighted by Gasteiger charge is -2.29. The molecule has 3 aromatic carbocycles. The number of halogens is 5. The first-order valence-corrected chi connectivity index (χ1v) is 18.6. The van der Waals surface area contributed by atoms with Crippen LogP contribution in [0.1, 0.15) is 73.8 Å². The highest BCUT2D eigenvalue weighted by Crippen LogP contribution is 2.42. The Morgan fingerprint density at radius 2 is 1.50 bits per heavy atom. The van der Waals surface area contributed by atoms with Crippen molar-refractivity contribution in [3.63, 3.8) is 0 Å². The van der Waals surface area contributed by atoms with E-state index in [1.807, 2.05) is 42.2 Å². The van der Waals surface area contributed by atoms with Gasteiger partial charge < -0.3 is 30.4 Å². The first kappa shape index (κ1) is 43.3. The van der Waals surface area contributed by atoms with E-state index in [1.165, 1.54) is 31.4 Å². The number of H-pyrrole nitrogens is 1. The van der Waals surface area contributed by atoms with Crippen LogP contribution in [-0.2, 0) is 31.4 Å². The second kappa shape index (κ2) is 17.7. The lowest BCUT2D eigenvalue weighted by Crippen LogP contribution is -2.48. The number of rotatable bonds is 12. The summed E-state index contributed by atoms with van der Waals surface area (Å²) >= 11 is 0. The summed E-state index contributed by atoms with van der Waals surface area (Å²) in [4.78, 5) is 53.5. The fraction of sp³-hybridized carbons (Fsp3) is 0.415. The molecule has 310 valence electrons. The zero-order valence-corrected chi connectivity index (χ0v) is 32.6. The van der Waals surface area contributed by atoms with Gasteiger partial charge in [0.15, 0.2) is 5.82 Å². The van der Waals surface area contributed by atoms with Crippen molar-refractivity contribution in [1.82, 2.24) is 25.8 Å². The number of hydrogen-bond donors (Lipinski definition) is 4. The minimum atomic E-state index is -5.87. The van der Waals surface area contributed by atoms with E-state index in [1.54, 1.807) is 32.9 Å². The van der Waals surface area contributed by atoms with Crippen molar-refractivity contribution in [3.8, 4) is 22.5 Å². The van der Waals surface area contributed by atoms with Crippen molar-refractivity contribution < 1.29 is 50.6 Å². The van der Waals surface area contributed by atoms with Gasteiger partial charge in [0.25, 0.3) is 0 Å². The van der Waals surface area contributed by atoms with Crippen molar-refractivity contribution >= 4 is 29.6 Å². The number of nitrogens with one attached hydrogen (secondary N) is 4. The zero-order chi connectivity index (χ0) is 42.4. The number of carbonyl (C=O) groups is 4. The maximum absolute atomic E-state index is 13.8. The molecule has 1 aliphatic rings. The summed E-state index contributed by atoms with van der Waals surface area (Å²) in [6.45, 7) is 7.62. The summed E-state index contributed by atoms with van der Waals surface area (Å²) in [5, 5.41) is 14.9. The highest BCUT2D eigenvalue weighted by molar-refractivity contribution is 5.98. The van der Waals surface area contributed by atoms with E-state index in [9.17, 15) is 41.1 Å². The maximum atomic E-state index is 13.8. The third kappa shape index (κ3) is 10.9. The Labute approximate surface area is 331 Å². The van der Waals surface area contributed by atoms with E-state index >= 15 is 0 Å². The van der Waals surface area contributed by atoms with Crippen molar-refractivity contribution in [2.75, 3.05) is 19.0 Å². The molecule has 17 heteroatoms. The minimum absolute atomic E-state index is 0.111. The van der Waals surface area contributed by atoms with E-state index < -0.39 is 47.5 Å². The van der Waals surface area contributed by atoms with Crippen LogP contribution in [0.5, 0.6) is 0 Å². The van der Waals surface area contributed by atoms with Crippen LogP contribution in [-0.4, -0.2) is 70.5 Å². The molecule has 0 aliphatic heterocycles. The van der Waals surface area contributed by atoms with Crippen LogP contribution in [0, 0.1) is 18.8 Å². The monoisotopic (exact) mass is 812 g/mol. The quantitative estimate of drug-likeness (QED) is 0.0829. The molecule has 1 unspecified atom stereocenters. The number of amides is 3. The van der Waals surface area contributed by atoms with E-state index in [0.717, 1.165) is 22.3 Å². The number of aryl methyl sites for hydroxylation is 1. The molecule has 1 heterocycles. The van der Waals surface area contributed by atoms with Crippen molar-refractivity contribution in [1.29, 1.82) is 0 Å². The van der Waals surface area contributed by atoms with Crippen LogP contribution < -0.4 is 16.0 Å². The molecule has 1 aliphatic carbocycles. The van der Waals surface area contributed by atoms with Crippen molar-refractivity contribution in [2.24, 2.45) is 11.8 Å². The molecular weight excluding hydrogens is 767 g/mol. The average molecular weight is 813 g/mol. The molecule has 1 fully saturated rings. The molecule has 0 radical (unpaired) electrons. The second-order valence-corrected chi connectivity index (χ2v) is 15.2. The Bertz CT molecular complexity index is 2090. The first-order valence-electron chi connectivity index (χ1n) is 18.6. The molecule has 0 bridgehead atoms. The Balaban J connectivity index is 1.28. The van der Waals surface area contributed by atoms with Gasteiger partial charge in [0, 0.05) is 30.1 Å². The van der Waals surface area contributed by atoms with Crippen LogP contribution in [0.25, 0.3) is 22.5 Å². The number of ether oxygens (including phenoxy) is 2. The highest BCUT2D eigenvalue weighted by Gasteiger charge is 2.61. The number of aromatic amines is 1. The van der Waals surface area contributed by atoms with E-state index in [-0.39, 0.29) is 41.2 Å². The Hall–Kier alpha value is -5.87. The number of hydrogen-bond acceptors (Lipinski definition) is 8. The van der Waals surface area contributed by atoms with Crippen LogP contribution in [0.3, 0.4) is 0 Å². The summed E-state index contributed by atoms with van der Waals surface area (Å²) in [5.41, 5.74) is 3.52. The third-order valence-electron chi connectivity index (χ3n) is 9.70. The fourth-order valence-electron chi connectivity index (χ4n) is 6.57. The van der Waals surface area contributed by atoms with E-state index in [4.69, 9.17) is 9.47 Å². The number of alkyl carbamates (subject to hydrolysis) is 1. The van der Waals surface area contributed by atoms with Crippen LogP contribution in [0.15, 0.2) is 66.7 Å². The van der Waals surface area contributed by atoms with Gasteiger partial charge in [0.1, 0.15) is 11.6 Å². The standard InChI is InChI=1S/C41H45F5N6O6/c1-23-20-29(36(55)57-5)16-19-31(23)26-10-6-24(7-11-26)21-32(49-34(53)28-12-8-25(9-13-28)22-47-38(56)58-39(2,3)4)35(54)48-30-17-14-27(15-18-30)33-50-37(52-51-33)40(42,43)41(44,45)46/h6-7,10-11,14-20,25,28,32H,8-9,12-13,21-22H2,1-5H3,(H,47,56)(H,48,54)(H,49,53)(H,50,51,52). The van der Waals surface area contributed by atoms with E-state index in [2.05, 4.69) is 26.1 Å². The SMILES string of the molecule is COC(=O)c1ccc(-c2ccc(CC(NC(=O)C3CCC(CNC(=O)OC(C)(C)C)CC3)C(=O)Nc3ccc(-c4nnc(C(F)(F)C(F)(F)F)[nH]4)cc3)cc2)c(C)c1. The molecule has 4 N–H and O–H groups in total. The molecule has 12 nitrogen and oxygen atoms in total. The minimum Gasteiger partial charge on any atom is -0.465 e. The number of alkyl halides is 5. The first-order chi connectivity index (χ1) is 27.2. The number of esters is 1. The van der Waals surface area contributed by atoms with Crippen molar-refractivity contribution in [2.45, 2.75) is 83.5 Å². The van der Waals surface area contributed by atoms with Crippen LogP contribution in [0.2, 0.25) is 0 Å². The Morgan fingerprint density at radius 1 is 0.862 bits per heavy atom. The highest BCUT2D eigenvalue weighted by atomic mass is 19.4. The normalized spacial score (nSPS) is 16.5. The molecule has 1 aromatic heterocycles. The van der Waals surface area contributed by atoms with Gasteiger partial charge in [0.05, 0.1) is 12.7 Å². The summed E-state index contributed by atoms with van der Waals surface area (Å²) in [7, 11) is 1.31. The molecule has 1 atom stereocenters. The van der Waals surface area contributed by atoms with Gasteiger partial charge in [0.2, 0.25) is 17.6 Å². The van der Waals surface area contributed by atoms with Gasteiger partial charge in [-0.25, -0.2) is 9.59 Å². The van der Waals surface area contributed by atoms with Gasteiger partial charge in [-0.05, 0) is 118 Å². The van der Waals surface area contributed by atoms with Crippen LogP contribution >= 0.6 is 0 Å². The number of carbonyl (C=O) groups excluding carboxylic acids is 4.